The largest absolute Gasteiger partial charge is 0.444 e. The zero-order valence-electron chi connectivity index (χ0n) is 23.0. The zero-order chi connectivity index (χ0) is 27.2. The third-order valence-corrected chi connectivity index (χ3v) is 5.83. The molecule has 7 nitrogen and oxygen atoms in total. The summed E-state index contributed by atoms with van der Waals surface area (Å²) in [5, 5.41) is 5.76. The predicted octanol–water partition coefficient (Wildman–Crippen LogP) is 5.77. The Bertz CT molecular complexity index is 1070. The number of alkyl carbamates (subject to hydrolysis) is 1. The number of nitrogens with zero attached hydrogens (tertiary/aromatic N) is 1. The maximum atomic E-state index is 14.1. The van der Waals surface area contributed by atoms with Gasteiger partial charge in [0.1, 0.15) is 17.7 Å². The summed E-state index contributed by atoms with van der Waals surface area (Å²) >= 11 is 0. The number of ether oxygens (including phenoxy) is 1. The molecule has 0 heterocycles. The number of hydrogen-bond acceptors (Lipinski definition) is 4. The van der Waals surface area contributed by atoms with E-state index in [1.54, 1.807) is 25.7 Å². The van der Waals surface area contributed by atoms with Gasteiger partial charge in [-0.1, -0.05) is 56.3 Å². The van der Waals surface area contributed by atoms with Crippen LogP contribution in [0.4, 0.5) is 10.5 Å². The van der Waals surface area contributed by atoms with E-state index in [1.807, 2.05) is 90.1 Å². The second-order valence-corrected chi connectivity index (χ2v) is 10.8. The number of rotatable bonds is 8. The fourth-order valence-electron chi connectivity index (χ4n) is 4.01. The predicted molar refractivity (Wildman–Crippen MR) is 144 cm³/mol. The van der Waals surface area contributed by atoms with Gasteiger partial charge in [-0.25, -0.2) is 4.79 Å². The van der Waals surface area contributed by atoms with E-state index in [0.29, 0.717) is 5.69 Å². The van der Waals surface area contributed by atoms with Crippen LogP contribution in [0.15, 0.2) is 48.5 Å². The number of carbonyl (C=O) groups is 3. The Morgan fingerprint density at radius 2 is 1.42 bits per heavy atom. The molecule has 196 valence electrons. The summed E-state index contributed by atoms with van der Waals surface area (Å²) in [5.74, 6) is -0.900. The third-order valence-electron chi connectivity index (χ3n) is 5.83. The highest BCUT2D eigenvalue weighted by Crippen LogP contribution is 2.30. The fraction of sp³-hybridized carbons (Fsp3) is 0.483. The van der Waals surface area contributed by atoms with E-state index in [1.165, 1.54) is 0 Å². The van der Waals surface area contributed by atoms with E-state index in [-0.39, 0.29) is 23.8 Å². The molecular weight excluding hydrogens is 454 g/mol. The Kier molecular flexibility index (Phi) is 9.68. The lowest BCUT2D eigenvalue weighted by Crippen LogP contribution is -2.56. The highest BCUT2D eigenvalue weighted by molar-refractivity contribution is 5.99. The van der Waals surface area contributed by atoms with Crippen molar-refractivity contribution in [1.82, 2.24) is 10.2 Å². The normalized spacial score (nSPS) is 13.2. The van der Waals surface area contributed by atoms with Crippen LogP contribution in [0.2, 0.25) is 0 Å². The van der Waals surface area contributed by atoms with Crippen LogP contribution in [0.1, 0.15) is 71.2 Å². The molecule has 7 heteroatoms. The van der Waals surface area contributed by atoms with Crippen LogP contribution in [0, 0.1) is 19.8 Å². The quantitative estimate of drug-likeness (QED) is 0.487. The van der Waals surface area contributed by atoms with Crippen molar-refractivity contribution in [3.63, 3.8) is 0 Å². The maximum absolute atomic E-state index is 14.1. The van der Waals surface area contributed by atoms with Gasteiger partial charge >= 0.3 is 6.09 Å². The lowest BCUT2D eigenvalue weighted by atomic mass is 9.95. The first-order valence-electron chi connectivity index (χ1n) is 12.5. The molecule has 2 aromatic carbocycles. The van der Waals surface area contributed by atoms with Gasteiger partial charge in [0.2, 0.25) is 5.91 Å². The lowest BCUT2D eigenvalue weighted by Gasteiger charge is -2.38. The first-order chi connectivity index (χ1) is 16.7. The number of carbonyl (C=O) groups excluding carboxylic acids is 3. The Hall–Kier alpha value is -3.35. The molecule has 2 rings (SSSR count). The SMILES string of the molecule is Cc1ccccc1NC(=O)C(c1ccccc1C)N(C(=O)C(NC(=O)OC(C)(C)C)C(C)C)C(C)C. The number of anilines is 1. The van der Waals surface area contributed by atoms with Crippen molar-refractivity contribution in [2.45, 2.75) is 86.0 Å². The molecule has 2 N–H and O–H groups in total. The summed E-state index contributed by atoms with van der Waals surface area (Å²) in [4.78, 5) is 42.1. The van der Waals surface area contributed by atoms with Gasteiger partial charge in [-0.3, -0.25) is 9.59 Å². The number of amides is 3. The lowest BCUT2D eigenvalue weighted by molar-refractivity contribution is -0.143. The Balaban J connectivity index is 2.53. The van der Waals surface area contributed by atoms with Crippen molar-refractivity contribution >= 4 is 23.6 Å². The molecule has 0 bridgehead atoms. The molecule has 2 atom stereocenters. The van der Waals surface area contributed by atoms with Crippen molar-refractivity contribution < 1.29 is 19.1 Å². The van der Waals surface area contributed by atoms with Gasteiger partial charge < -0.3 is 20.3 Å². The average Bonchev–Trinajstić information content (AvgIpc) is 2.76. The highest BCUT2D eigenvalue weighted by atomic mass is 16.6. The van der Waals surface area contributed by atoms with Crippen molar-refractivity contribution in [1.29, 1.82) is 0 Å². The summed E-state index contributed by atoms with van der Waals surface area (Å²) in [6.45, 7) is 16.6. The first kappa shape index (κ1) is 28.9. The van der Waals surface area contributed by atoms with Crippen molar-refractivity contribution in [3.05, 3.63) is 65.2 Å². The van der Waals surface area contributed by atoms with Gasteiger partial charge in [0.05, 0.1) is 0 Å². The monoisotopic (exact) mass is 495 g/mol. The Morgan fingerprint density at radius 3 is 1.92 bits per heavy atom. The van der Waals surface area contributed by atoms with E-state index in [4.69, 9.17) is 4.74 Å². The first-order valence-corrected chi connectivity index (χ1v) is 12.5. The topological polar surface area (TPSA) is 87.7 Å². The van der Waals surface area contributed by atoms with Crippen LogP contribution < -0.4 is 10.6 Å². The van der Waals surface area contributed by atoms with Crippen molar-refractivity contribution in [2.75, 3.05) is 5.32 Å². The minimum Gasteiger partial charge on any atom is -0.444 e. The average molecular weight is 496 g/mol. The van der Waals surface area contributed by atoms with Crippen LogP contribution >= 0.6 is 0 Å². The smallest absolute Gasteiger partial charge is 0.408 e. The summed E-state index contributed by atoms with van der Waals surface area (Å²) in [6, 6.07) is 13.0. The number of aryl methyl sites for hydroxylation is 2. The van der Waals surface area contributed by atoms with Crippen LogP contribution in [-0.4, -0.2) is 40.5 Å². The summed E-state index contributed by atoms with van der Waals surface area (Å²) in [5.41, 5.74) is 2.52. The Morgan fingerprint density at radius 1 is 0.861 bits per heavy atom. The van der Waals surface area contributed by atoms with Crippen LogP contribution in [0.25, 0.3) is 0 Å². The molecule has 0 saturated heterocycles. The number of para-hydroxylation sites is 1. The highest BCUT2D eigenvalue weighted by Gasteiger charge is 2.39. The molecule has 0 aliphatic rings. The molecule has 2 unspecified atom stereocenters. The molecule has 36 heavy (non-hydrogen) atoms. The molecule has 0 saturated carbocycles. The van der Waals surface area contributed by atoms with Gasteiger partial charge in [0.25, 0.3) is 5.91 Å². The summed E-state index contributed by atoms with van der Waals surface area (Å²) < 4.78 is 5.41. The second-order valence-electron chi connectivity index (χ2n) is 10.8. The van der Waals surface area contributed by atoms with E-state index < -0.39 is 23.8 Å². The second kappa shape index (κ2) is 12.1. The van der Waals surface area contributed by atoms with Gasteiger partial charge in [-0.15, -0.1) is 0 Å². The molecule has 0 aliphatic carbocycles. The van der Waals surface area contributed by atoms with E-state index in [0.717, 1.165) is 16.7 Å². The molecule has 3 amide bonds. The van der Waals surface area contributed by atoms with Gasteiger partial charge in [0.15, 0.2) is 0 Å². The maximum Gasteiger partial charge on any atom is 0.408 e. The summed E-state index contributed by atoms with van der Waals surface area (Å²) in [6.07, 6.45) is -0.671. The molecule has 0 spiro atoms. The van der Waals surface area contributed by atoms with Crippen molar-refractivity contribution in [3.8, 4) is 0 Å². The molecule has 2 aromatic rings. The van der Waals surface area contributed by atoms with Gasteiger partial charge in [-0.2, -0.15) is 0 Å². The van der Waals surface area contributed by atoms with E-state index >= 15 is 0 Å². The zero-order valence-corrected chi connectivity index (χ0v) is 23.0. The molecule has 0 aromatic heterocycles. The number of benzene rings is 2. The minimum atomic E-state index is -0.903. The summed E-state index contributed by atoms with van der Waals surface area (Å²) in [7, 11) is 0. The van der Waals surface area contributed by atoms with E-state index in [9.17, 15) is 14.4 Å². The number of hydrogen-bond donors (Lipinski definition) is 2. The molecule has 0 fully saturated rings. The van der Waals surface area contributed by atoms with Crippen LogP contribution in [-0.2, 0) is 14.3 Å². The van der Waals surface area contributed by atoms with Gasteiger partial charge in [0, 0.05) is 11.7 Å². The molecular formula is C29H41N3O4. The standard InChI is InChI=1S/C29H41N3O4/c1-18(2)24(31-28(35)36-29(7,8)9)27(34)32(19(3)4)25(22-16-12-10-14-20(22)5)26(33)30-23-17-13-11-15-21(23)6/h10-19,24-25H,1-9H3,(H,30,33)(H,31,35). The van der Waals surface area contributed by atoms with E-state index in [2.05, 4.69) is 10.6 Å². The van der Waals surface area contributed by atoms with Crippen LogP contribution in [0.3, 0.4) is 0 Å². The Labute approximate surface area is 215 Å². The van der Waals surface area contributed by atoms with Crippen LogP contribution in [0.5, 0.6) is 0 Å². The molecule has 0 radical (unpaired) electrons. The fourth-order valence-corrected chi connectivity index (χ4v) is 4.01. The minimum absolute atomic E-state index is 0.233. The van der Waals surface area contributed by atoms with Gasteiger partial charge in [-0.05, 0) is 77.1 Å². The number of nitrogens with one attached hydrogen (secondary N) is 2. The van der Waals surface area contributed by atoms with Crippen molar-refractivity contribution in [2.24, 2.45) is 5.92 Å². The molecule has 0 aliphatic heterocycles. The third kappa shape index (κ3) is 7.57.